The predicted octanol–water partition coefficient (Wildman–Crippen LogP) is 2.52. The van der Waals surface area contributed by atoms with Crippen molar-refractivity contribution in [3.63, 3.8) is 0 Å². The van der Waals surface area contributed by atoms with Crippen LogP contribution in [0.5, 0.6) is 0 Å². The maximum atomic E-state index is 4.32. The van der Waals surface area contributed by atoms with E-state index in [1.165, 1.54) is 25.7 Å². The van der Waals surface area contributed by atoms with Crippen molar-refractivity contribution in [2.45, 2.75) is 38.6 Å². The molecule has 1 aliphatic heterocycles. The topological polar surface area (TPSA) is 43.6 Å². The zero-order chi connectivity index (χ0) is 10.8. The van der Waals surface area contributed by atoms with Crippen molar-refractivity contribution in [2.24, 2.45) is 0 Å². The first kappa shape index (κ1) is 9.96. The maximum absolute atomic E-state index is 4.32. The Morgan fingerprint density at radius 1 is 1.12 bits per heavy atom. The van der Waals surface area contributed by atoms with Crippen LogP contribution in [-0.2, 0) is 13.0 Å². The number of rotatable bonds is 1. The fourth-order valence-electron chi connectivity index (χ4n) is 2.17. The highest BCUT2D eigenvalue weighted by atomic mass is 32.1. The summed E-state index contributed by atoms with van der Waals surface area (Å²) in [6.45, 7) is 1.04. The summed E-state index contributed by atoms with van der Waals surface area (Å²) in [7, 11) is 0. The Balaban J connectivity index is 2.00. The molecule has 0 radical (unpaired) electrons. The third-order valence-electron chi connectivity index (χ3n) is 3.02. The van der Waals surface area contributed by atoms with E-state index in [1.54, 1.807) is 11.3 Å². The zero-order valence-electron chi connectivity index (χ0n) is 9.09. The molecule has 0 saturated heterocycles. The lowest BCUT2D eigenvalue weighted by molar-refractivity contribution is 0.518. The Morgan fingerprint density at radius 2 is 2.06 bits per heavy atom. The summed E-state index contributed by atoms with van der Waals surface area (Å²) in [5.74, 6) is 2.07. The van der Waals surface area contributed by atoms with Crippen LogP contribution in [0.4, 0.5) is 0 Å². The largest absolute Gasteiger partial charge is 0.310 e. The minimum Gasteiger partial charge on any atom is -0.310 e. The molecule has 0 spiro atoms. The SMILES string of the molecule is c1nc(-c2nnc3n2CCCCCC3)cs1. The van der Waals surface area contributed by atoms with Crippen LogP contribution in [0.25, 0.3) is 11.5 Å². The fourth-order valence-corrected chi connectivity index (χ4v) is 2.70. The molecule has 5 heteroatoms. The van der Waals surface area contributed by atoms with Gasteiger partial charge >= 0.3 is 0 Å². The number of aromatic nitrogens is 4. The lowest BCUT2D eigenvalue weighted by Gasteiger charge is -2.12. The summed E-state index contributed by atoms with van der Waals surface area (Å²) in [6.07, 6.45) is 6.14. The highest BCUT2D eigenvalue weighted by molar-refractivity contribution is 7.07. The number of hydrogen-bond acceptors (Lipinski definition) is 4. The molecule has 1 aliphatic rings. The zero-order valence-corrected chi connectivity index (χ0v) is 9.91. The lowest BCUT2D eigenvalue weighted by atomic mass is 10.1. The van der Waals surface area contributed by atoms with Crippen LogP contribution in [0, 0.1) is 0 Å². The second-order valence-corrected chi connectivity index (χ2v) is 4.85. The first-order valence-corrected chi connectivity index (χ1v) is 6.70. The molecule has 0 aliphatic carbocycles. The fraction of sp³-hybridized carbons (Fsp3) is 0.545. The van der Waals surface area contributed by atoms with E-state index in [1.807, 2.05) is 10.9 Å². The molecule has 0 fully saturated rings. The summed E-state index contributed by atoms with van der Waals surface area (Å²) < 4.78 is 2.24. The van der Waals surface area contributed by atoms with Crippen molar-refractivity contribution in [1.82, 2.24) is 19.7 Å². The molecule has 0 bridgehead atoms. The van der Waals surface area contributed by atoms with E-state index in [9.17, 15) is 0 Å². The highest BCUT2D eigenvalue weighted by Crippen LogP contribution is 2.21. The molecule has 2 aromatic rings. The average Bonchev–Trinajstić information content (AvgIpc) is 2.86. The number of fused-ring (bicyclic) bond motifs is 1. The highest BCUT2D eigenvalue weighted by Gasteiger charge is 2.15. The van der Waals surface area contributed by atoms with Gasteiger partial charge in [-0.25, -0.2) is 4.98 Å². The van der Waals surface area contributed by atoms with Gasteiger partial charge in [0.15, 0.2) is 5.82 Å². The van der Waals surface area contributed by atoms with Gasteiger partial charge in [0.1, 0.15) is 11.5 Å². The van der Waals surface area contributed by atoms with Gasteiger partial charge in [-0.1, -0.05) is 12.8 Å². The van der Waals surface area contributed by atoms with E-state index in [4.69, 9.17) is 0 Å². The van der Waals surface area contributed by atoms with Gasteiger partial charge in [0.25, 0.3) is 0 Å². The molecule has 16 heavy (non-hydrogen) atoms. The third-order valence-corrected chi connectivity index (χ3v) is 3.61. The summed E-state index contributed by atoms with van der Waals surface area (Å²) in [6, 6.07) is 0. The van der Waals surface area contributed by atoms with Crippen molar-refractivity contribution in [3.8, 4) is 11.5 Å². The number of nitrogens with zero attached hydrogens (tertiary/aromatic N) is 4. The van der Waals surface area contributed by atoms with Crippen molar-refractivity contribution >= 4 is 11.3 Å². The maximum Gasteiger partial charge on any atom is 0.183 e. The van der Waals surface area contributed by atoms with Crippen molar-refractivity contribution in [3.05, 3.63) is 16.7 Å². The summed E-state index contributed by atoms with van der Waals surface area (Å²) in [5, 5.41) is 10.6. The minimum absolute atomic E-state index is 0.943. The molecule has 4 nitrogen and oxygen atoms in total. The first-order valence-electron chi connectivity index (χ1n) is 5.76. The quantitative estimate of drug-likeness (QED) is 0.761. The monoisotopic (exact) mass is 234 g/mol. The molecule has 0 unspecified atom stereocenters. The van der Waals surface area contributed by atoms with E-state index >= 15 is 0 Å². The summed E-state index contributed by atoms with van der Waals surface area (Å²) >= 11 is 1.61. The van der Waals surface area contributed by atoms with Crippen LogP contribution in [0.2, 0.25) is 0 Å². The molecule has 0 saturated carbocycles. The Hall–Kier alpha value is -1.23. The van der Waals surface area contributed by atoms with Crippen LogP contribution in [0.1, 0.15) is 31.5 Å². The molecular formula is C11H14N4S. The molecule has 2 aromatic heterocycles. The van der Waals surface area contributed by atoms with Gasteiger partial charge in [-0.15, -0.1) is 21.5 Å². The minimum atomic E-state index is 0.943. The Kier molecular flexibility index (Phi) is 2.70. The molecule has 0 atom stereocenters. The Labute approximate surface area is 98.4 Å². The Bertz CT molecular complexity index is 460. The second-order valence-electron chi connectivity index (χ2n) is 4.13. The average molecular weight is 234 g/mol. The Morgan fingerprint density at radius 3 is 2.94 bits per heavy atom. The summed E-state index contributed by atoms with van der Waals surface area (Å²) in [5.41, 5.74) is 2.81. The van der Waals surface area contributed by atoms with E-state index < -0.39 is 0 Å². The van der Waals surface area contributed by atoms with Gasteiger partial charge in [-0.05, 0) is 12.8 Å². The second kappa shape index (κ2) is 4.33. The van der Waals surface area contributed by atoms with Crippen molar-refractivity contribution < 1.29 is 0 Å². The van der Waals surface area contributed by atoms with Gasteiger partial charge in [0, 0.05) is 18.3 Å². The molecule has 3 heterocycles. The predicted molar refractivity (Wildman–Crippen MR) is 63.3 cm³/mol. The van der Waals surface area contributed by atoms with E-state index in [0.717, 1.165) is 30.3 Å². The molecule has 0 N–H and O–H groups in total. The van der Waals surface area contributed by atoms with Crippen LogP contribution in [-0.4, -0.2) is 19.7 Å². The van der Waals surface area contributed by atoms with Gasteiger partial charge in [-0.3, -0.25) is 0 Å². The number of thiazole rings is 1. The third kappa shape index (κ3) is 1.75. The molecule has 84 valence electrons. The van der Waals surface area contributed by atoms with E-state index in [-0.39, 0.29) is 0 Å². The number of aryl methyl sites for hydroxylation is 1. The first-order chi connectivity index (χ1) is 7.95. The van der Waals surface area contributed by atoms with Crippen LogP contribution < -0.4 is 0 Å². The van der Waals surface area contributed by atoms with Gasteiger partial charge in [0.2, 0.25) is 0 Å². The summed E-state index contributed by atoms with van der Waals surface area (Å²) in [4.78, 5) is 4.32. The van der Waals surface area contributed by atoms with Crippen molar-refractivity contribution in [2.75, 3.05) is 0 Å². The molecule has 0 amide bonds. The van der Waals surface area contributed by atoms with Crippen LogP contribution in [0.3, 0.4) is 0 Å². The van der Waals surface area contributed by atoms with Gasteiger partial charge in [0.05, 0.1) is 5.51 Å². The lowest BCUT2D eigenvalue weighted by Crippen LogP contribution is -2.08. The van der Waals surface area contributed by atoms with E-state index in [0.29, 0.717) is 0 Å². The van der Waals surface area contributed by atoms with E-state index in [2.05, 4.69) is 19.7 Å². The molecule has 3 rings (SSSR count). The molecule has 0 aromatic carbocycles. The van der Waals surface area contributed by atoms with Crippen LogP contribution in [0.15, 0.2) is 10.9 Å². The standard InChI is InChI=1S/C11H14N4S/c1-2-4-6-15-10(5-3-1)13-14-11(15)9-7-16-8-12-9/h7-8H,1-6H2. The van der Waals surface area contributed by atoms with Gasteiger partial charge < -0.3 is 4.57 Å². The molecular weight excluding hydrogens is 220 g/mol. The number of hydrogen-bond donors (Lipinski definition) is 0. The normalized spacial score (nSPS) is 16.5. The van der Waals surface area contributed by atoms with Crippen LogP contribution >= 0.6 is 11.3 Å². The smallest absolute Gasteiger partial charge is 0.183 e. The van der Waals surface area contributed by atoms with Gasteiger partial charge in [-0.2, -0.15) is 0 Å². The van der Waals surface area contributed by atoms with Crippen molar-refractivity contribution in [1.29, 1.82) is 0 Å².